The van der Waals surface area contributed by atoms with Gasteiger partial charge in [0.1, 0.15) is 0 Å². The fourth-order valence-electron chi connectivity index (χ4n) is 3.54. The highest BCUT2D eigenvalue weighted by molar-refractivity contribution is 6.36. The van der Waals surface area contributed by atoms with E-state index in [0.717, 1.165) is 43.9 Å². The standard InChI is InChI=1S/C26H17ClN2/c27-23-16-15-22(20-13-7-8-14-21(20)23)25-17-24(18-9-3-1-4-10-18)28-26(29-25)19-11-5-2-6-12-19/h1-17H. The van der Waals surface area contributed by atoms with Crippen LogP contribution >= 0.6 is 11.6 Å². The lowest BCUT2D eigenvalue weighted by Crippen LogP contribution is -1.96. The van der Waals surface area contributed by atoms with Crippen molar-refractivity contribution in [3.05, 3.63) is 108 Å². The van der Waals surface area contributed by atoms with E-state index >= 15 is 0 Å². The Morgan fingerprint density at radius 2 is 1.10 bits per heavy atom. The maximum Gasteiger partial charge on any atom is 0.160 e. The summed E-state index contributed by atoms with van der Waals surface area (Å²) in [4.78, 5) is 9.78. The molecule has 2 nitrogen and oxygen atoms in total. The molecule has 0 spiro atoms. The van der Waals surface area contributed by atoms with Gasteiger partial charge in [-0.15, -0.1) is 0 Å². The molecule has 0 bridgehead atoms. The Labute approximate surface area is 174 Å². The number of aromatic nitrogens is 2. The number of rotatable bonds is 3. The molecule has 0 radical (unpaired) electrons. The summed E-state index contributed by atoms with van der Waals surface area (Å²) < 4.78 is 0. The number of nitrogens with zero attached hydrogens (tertiary/aromatic N) is 2. The predicted octanol–water partition coefficient (Wildman–Crippen LogP) is 7.28. The van der Waals surface area contributed by atoms with E-state index in [1.165, 1.54) is 0 Å². The molecule has 0 fully saturated rings. The zero-order valence-electron chi connectivity index (χ0n) is 15.6. The molecule has 0 aliphatic heterocycles. The average molecular weight is 393 g/mol. The van der Waals surface area contributed by atoms with E-state index in [-0.39, 0.29) is 0 Å². The van der Waals surface area contributed by atoms with Crippen LogP contribution < -0.4 is 0 Å². The zero-order chi connectivity index (χ0) is 19.6. The highest BCUT2D eigenvalue weighted by atomic mass is 35.5. The van der Waals surface area contributed by atoms with E-state index in [0.29, 0.717) is 5.82 Å². The van der Waals surface area contributed by atoms with Gasteiger partial charge in [-0.25, -0.2) is 9.97 Å². The van der Waals surface area contributed by atoms with Crippen molar-refractivity contribution in [3.63, 3.8) is 0 Å². The van der Waals surface area contributed by atoms with E-state index in [4.69, 9.17) is 21.6 Å². The molecule has 0 atom stereocenters. The van der Waals surface area contributed by atoms with E-state index in [9.17, 15) is 0 Å². The van der Waals surface area contributed by atoms with Crippen molar-refractivity contribution in [1.82, 2.24) is 9.97 Å². The Morgan fingerprint density at radius 3 is 1.83 bits per heavy atom. The third-order valence-electron chi connectivity index (χ3n) is 4.97. The van der Waals surface area contributed by atoms with E-state index in [2.05, 4.69) is 24.3 Å². The third kappa shape index (κ3) is 3.39. The molecule has 0 unspecified atom stereocenters. The largest absolute Gasteiger partial charge is 0.228 e. The third-order valence-corrected chi connectivity index (χ3v) is 5.30. The minimum absolute atomic E-state index is 0.709. The summed E-state index contributed by atoms with van der Waals surface area (Å²) in [7, 11) is 0. The summed E-state index contributed by atoms with van der Waals surface area (Å²) in [6, 6.07) is 34.5. The first-order chi connectivity index (χ1) is 14.3. The molecule has 1 aromatic heterocycles. The quantitative estimate of drug-likeness (QED) is 0.322. The van der Waals surface area contributed by atoms with Crippen LogP contribution in [-0.2, 0) is 0 Å². The maximum atomic E-state index is 6.44. The lowest BCUT2D eigenvalue weighted by atomic mass is 10.0. The van der Waals surface area contributed by atoms with Gasteiger partial charge >= 0.3 is 0 Å². The summed E-state index contributed by atoms with van der Waals surface area (Å²) in [5.74, 6) is 0.709. The lowest BCUT2D eigenvalue weighted by molar-refractivity contribution is 1.18. The summed E-state index contributed by atoms with van der Waals surface area (Å²) in [6.45, 7) is 0. The molecule has 1 heterocycles. The van der Waals surface area contributed by atoms with Crippen LogP contribution in [0.2, 0.25) is 5.02 Å². The fourth-order valence-corrected chi connectivity index (χ4v) is 3.77. The Hall–Kier alpha value is -3.49. The molecule has 5 rings (SSSR count). The van der Waals surface area contributed by atoms with Crippen molar-refractivity contribution in [2.24, 2.45) is 0 Å². The highest BCUT2D eigenvalue weighted by Crippen LogP contribution is 2.34. The van der Waals surface area contributed by atoms with Crippen LogP contribution in [0.5, 0.6) is 0 Å². The van der Waals surface area contributed by atoms with E-state index < -0.39 is 0 Å². The van der Waals surface area contributed by atoms with Crippen molar-refractivity contribution in [3.8, 4) is 33.9 Å². The first-order valence-electron chi connectivity index (χ1n) is 9.47. The first kappa shape index (κ1) is 17.6. The summed E-state index contributed by atoms with van der Waals surface area (Å²) in [6.07, 6.45) is 0. The maximum absolute atomic E-state index is 6.44. The summed E-state index contributed by atoms with van der Waals surface area (Å²) >= 11 is 6.44. The first-order valence-corrected chi connectivity index (χ1v) is 9.85. The van der Waals surface area contributed by atoms with Gasteiger partial charge in [-0.05, 0) is 17.5 Å². The predicted molar refractivity (Wildman–Crippen MR) is 121 cm³/mol. The van der Waals surface area contributed by atoms with Crippen LogP contribution in [0.3, 0.4) is 0 Å². The number of benzene rings is 4. The van der Waals surface area contributed by atoms with Crippen LogP contribution in [0.1, 0.15) is 0 Å². The van der Waals surface area contributed by atoms with Gasteiger partial charge in [0.05, 0.1) is 11.4 Å². The minimum atomic E-state index is 0.709. The zero-order valence-corrected chi connectivity index (χ0v) is 16.3. The van der Waals surface area contributed by atoms with Crippen LogP contribution in [-0.4, -0.2) is 9.97 Å². The Balaban J connectivity index is 1.79. The number of hydrogen-bond acceptors (Lipinski definition) is 2. The van der Waals surface area contributed by atoms with E-state index in [1.807, 2.05) is 78.9 Å². The van der Waals surface area contributed by atoms with Gasteiger partial charge in [0, 0.05) is 27.1 Å². The van der Waals surface area contributed by atoms with Gasteiger partial charge in [-0.3, -0.25) is 0 Å². The molecule has 5 aromatic rings. The Bertz CT molecular complexity index is 1240. The van der Waals surface area contributed by atoms with Gasteiger partial charge in [-0.2, -0.15) is 0 Å². The normalized spacial score (nSPS) is 10.9. The van der Waals surface area contributed by atoms with Crippen LogP contribution in [0.15, 0.2) is 103 Å². The average Bonchev–Trinajstić information content (AvgIpc) is 2.80. The lowest BCUT2D eigenvalue weighted by Gasteiger charge is -2.12. The van der Waals surface area contributed by atoms with Crippen molar-refractivity contribution in [2.75, 3.05) is 0 Å². The molecular weight excluding hydrogens is 376 g/mol. The molecule has 29 heavy (non-hydrogen) atoms. The minimum Gasteiger partial charge on any atom is -0.228 e. The smallest absolute Gasteiger partial charge is 0.160 e. The van der Waals surface area contributed by atoms with Crippen molar-refractivity contribution in [2.45, 2.75) is 0 Å². The molecule has 0 saturated heterocycles. The molecule has 0 aliphatic carbocycles. The van der Waals surface area contributed by atoms with Crippen LogP contribution in [0.25, 0.3) is 44.7 Å². The number of fused-ring (bicyclic) bond motifs is 1. The summed E-state index contributed by atoms with van der Waals surface area (Å²) in [5.41, 5.74) is 4.87. The molecule has 0 saturated carbocycles. The summed E-state index contributed by atoms with van der Waals surface area (Å²) in [5, 5.41) is 2.84. The second kappa shape index (κ2) is 7.50. The van der Waals surface area contributed by atoms with Gasteiger partial charge in [0.25, 0.3) is 0 Å². The van der Waals surface area contributed by atoms with Crippen LogP contribution in [0, 0.1) is 0 Å². The Morgan fingerprint density at radius 1 is 0.517 bits per heavy atom. The fraction of sp³-hybridized carbons (Fsp3) is 0. The van der Waals surface area contributed by atoms with Gasteiger partial charge in [0.2, 0.25) is 0 Å². The van der Waals surface area contributed by atoms with Crippen LogP contribution in [0.4, 0.5) is 0 Å². The van der Waals surface area contributed by atoms with Crippen molar-refractivity contribution >= 4 is 22.4 Å². The number of halogens is 1. The SMILES string of the molecule is Clc1ccc(-c2cc(-c3ccccc3)nc(-c3ccccc3)n2)c2ccccc12. The van der Waals surface area contributed by atoms with E-state index in [1.54, 1.807) is 0 Å². The molecule has 0 aliphatic rings. The number of hydrogen-bond donors (Lipinski definition) is 0. The monoisotopic (exact) mass is 392 g/mol. The second-order valence-corrected chi connectivity index (χ2v) is 7.24. The van der Waals surface area contributed by atoms with Gasteiger partial charge in [-0.1, -0.05) is 103 Å². The molecular formula is C26H17ClN2. The molecule has 4 aromatic carbocycles. The second-order valence-electron chi connectivity index (χ2n) is 6.83. The highest BCUT2D eigenvalue weighted by Gasteiger charge is 2.13. The molecule has 0 amide bonds. The van der Waals surface area contributed by atoms with Gasteiger partial charge in [0.15, 0.2) is 5.82 Å². The Kier molecular flexibility index (Phi) is 4.55. The molecule has 0 N–H and O–H groups in total. The molecule has 138 valence electrons. The van der Waals surface area contributed by atoms with Crippen molar-refractivity contribution < 1.29 is 0 Å². The topological polar surface area (TPSA) is 25.8 Å². The van der Waals surface area contributed by atoms with Crippen molar-refractivity contribution in [1.29, 1.82) is 0 Å². The molecule has 3 heteroatoms. The van der Waals surface area contributed by atoms with Gasteiger partial charge < -0.3 is 0 Å².